The van der Waals surface area contributed by atoms with Crippen LogP contribution in [0.5, 0.6) is 0 Å². The largest absolute Gasteiger partial charge is 0.418 e. The summed E-state index contributed by atoms with van der Waals surface area (Å²) in [6.45, 7) is 2.09. The molecule has 1 saturated heterocycles. The molecule has 2 aromatic carbocycles. The van der Waals surface area contributed by atoms with Gasteiger partial charge in [0.05, 0.1) is 23.4 Å². The van der Waals surface area contributed by atoms with Gasteiger partial charge in [-0.15, -0.1) is 0 Å². The van der Waals surface area contributed by atoms with Gasteiger partial charge in [-0.25, -0.2) is 14.4 Å². The highest BCUT2D eigenvalue weighted by Gasteiger charge is 2.43. The number of aryl methyl sites for hydroxylation is 1. The SMILES string of the molecule is Cc1ncc(C(=O)N[C@@]2(C(=O)NCc3ccc(Nc4ccc(F)cc4C(F)(F)F)cc3)CCOC2)cn1. The zero-order valence-electron chi connectivity index (χ0n) is 19.7. The van der Waals surface area contributed by atoms with Gasteiger partial charge in [-0.05, 0) is 42.8 Å². The van der Waals surface area contributed by atoms with Gasteiger partial charge in [0.2, 0.25) is 5.91 Å². The summed E-state index contributed by atoms with van der Waals surface area (Å²) in [7, 11) is 0. The van der Waals surface area contributed by atoms with Crippen molar-refractivity contribution >= 4 is 23.2 Å². The number of rotatable bonds is 7. The number of anilines is 2. The van der Waals surface area contributed by atoms with Gasteiger partial charge in [-0.3, -0.25) is 9.59 Å². The fourth-order valence-corrected chi connectivity index (χ4v) is 3.77. The van der Waals surface area contributed by atoms with Crippen molar-refractivity contribution in [1.29, 1.82) is 0 Å². The normalized spacial score (nSPS) is 17.3. The molecule has 12 heteroatoms. The van der Waals surface area contributed by atoms with Crippen LogP contribution in [0.4, 0.5) is 28.9 Å². The molecule has 3 aromatic rings. The van der Waals surface area contributed by atoms with Crippen LogP contribution in [-0.4, -0.2) is 40.5 Å². The molecule has 0 unspecified atom stereocenters. The minimum absolute atomic E-state index is 0.000637. The maximum absolute atomic E-state index is 13.3. The number of carbonyl (C=O) groups is 2. The second-order valence-electron chi connectivity index (χ2n) is 8.55. The average Bonchev–Trinajstić information content (AvgIpc) is 3.34. The van der Waals surface area contributed by atoms with Crippen LogP contribution < -0.4 is 16.0 Å². The van der Waals surface area contributed by atoms with Crippen LogP contribution in [0.15, 0.2) is 54.9 Å². The van der Waals surface area contributed by atoms with E-state index in [1.54, 1.807) is 31.2 Å². The molecule has 1 fully saturated rings. The standard InChI is InChI=1S/C25H23F4N5O3/c1-15-30-12-17(13-31-15)22(35)34-24(8-9-37-14-24)23(36)32-11-16-2-5-19(6-3-16)33-21-7-4-18(26)10-20(21)25(27,28)29/h2-7,10,12-13,33H,8-9,11,14H2,1H3,(H,32,36)(H,34,35)/t24-/m0/s1. The minimum Gasteiger partial charge on any atom is -0.378 e. The van der Waals surface area contributed by atoms with E-state index in [1.807, 2.05) is 0 Å². The molecule has 2 heterocycles. The lowest BCUT2D eigenvalue weighted by Gasteiger charge is -2.27. The van der Waals surface area contributed by atoms with Crippen molar-refractivity contribution in [1.82, 2.24) is 20.6 Å². The van der Waals surface area contributed by atoms with Crippen LogP contribution in [-0.2, 0) is 22.3 Å². The van der Waals surface area contributed by atoms with E-state index >= 15 is 0 Å². The lowest BCUT2D eigenvalue weighted by Crippen LogP contribution is -2.59. The van der Waals surface area contributed by atoms with Gasteiger partial charge < -0.3 is 20.7 Å². The summed E-state index contributed by atoms with van der Waals surface area (Å²) < 4.78 is 58.4. The summed E-state index contributed by atoms with van der Waals surface area (Å²) >= 11 is 0. The number of benzene rings is 2. The van der Waals surface area contributed by atoms with Crippen molar-refractivity contribution in [2.24, 2.45) is 0 Å². The summed E-state index contributed by atoms with van der Waals surface area (Å²) in [4.78, 5) is 33.7. The first-order valence-corrected chi connectivity index (χ1v) is 11.3. The van der Waals surface area contributed by atoms with Crippen LogP contribution >= 0.6 is 0 Å². The molecule has 1 aliphatic rings. The van der Waals surface area contributed by atoms with E-state index in [4.69, 9.17) is 4.74 Å². The van der Waals surface area contributed by atoms with E-state index in [9.17, 15) is 27.2 Å². The van der Waals surface area contributed by atoms with Crippen LogP contribution in [0.1, 0.15) is 33.7 Å². The maximum atomic E-state index is 13.3. The molecule has 0 radical (unpaired) electrons. The highest BCUT2D eigenvalue weighted by molar-refractivity contribution is 5.99. The topological polar surface area (TPSA) is 105 Å². The van der Waals surface area contributed by atoms with Crippen molar-refractivity contribution in [3.05, 3.63) is 83.2 Å². The Morgan fingerprint density at radius 2 is 1.78 bits per heavy atom. The molecule has 0 bridgehead atoms. The van der Waals surface area contributed by atoms with Gasteiger partial charge >= 0.3 is 6.18 Å². The van der Waals surface area contributed by atoms with Crippen LogP contribution in [0.25, 0.3) is 0 Å². The van der Waals surface area contributed by atoms with Crippen molar-refractivity contribution in [2.45, 2.75) is 31.6 Å². The number of hydrogen-bond donors (Lipinski definition) is 3. The summed E-state index contributed by atoms with van der Waals surface area (Å²) in [6.07, 6.45) is -1.70. The molecule has 37 heavy (non-hydrogen) atoms. The maximum Gasteiger partial charge on any atom is 0.418 e. The summed E-state index contributed by atoms with van der Waals surface area (Å²) in [5, 5.41) is 8.16. The minimum atomic E-state index is -4.73. The lowest BCUT2D eigenvalue weighted by atomic mass is 9.96. The quantitative estimate of drug-likeness (QED) is 0.411. The highest BCUT2D eigenvalue weighted by atomic mass is 19.4. The molecule has 4 rings (SSSR count). The third-order valence-corrected chi connectivity index (χ3v) is 5.83. The Bertz CT molecular complexity index is 1270. The Morgan fingerprint density at radius 1 is 1.08 bits per heavy atom. The van der Waals surface area contributed by atoms with E-state index in [1.165, 1.54) is 12.4 Å². The van der Waals surface area contributed by atoms with Gasteiger partial charge in [0, 0.05) is 37.7 Å². The monoisotopic (exact) mass is 517 g/mol. The Labute approximate surface area is 209 Å². The number of aromatic nitrogens is 2. The summed E-state index contributed by atoms with van der Waals surface area (Å²) in [5.74, 6) is -1.42. The molecule has 8 nitrogen and oxygen atoms in total. The molecule has 1 atom stereocenters. The van der Waals surface area contributed by atoms with E-state index < -0.39 is 34.9 Å². The third-order valence-electron chi connectivity index (χ3n) is 5.83. The Kier molecular flexibility index (Phi) is 7.39. The number of halogens is 4. The number of ether oxygens (including phenoxy) is 1. The zero-order valence-corrected chi connectivity index (χ0v) is 19.7. The first-order chi connectivity index (χ1) is 17.6. The highest BCUT2D eigenvalue weighted by Crippen LogP contribution is 2.36. The molecule has 2 amide bonds. The summed E-state index contributed by atoms with van der Waals surface area (Å²) in [5.41, 5.74) is -1.44. The van der Waals surface area contributed by atoms with Gasteiger partial charge in [0.1, 0.15) is 17.2 Å². The Balaban J connectivity index is 1.39. The first kappa shape index (κ1) is 26.0. The van der Waals surface area contributed by atoms with E-state index in [2.05, 4.69) is 25.9 Å². The smallest absolute Gasteiger partial charge is 0.378 e. The van der Waals surface area contributed by atoms with Crippen molar-refractivity contribution in [3.8, 4) is 0 Å². The molecule has 0 aliphatic carbocycles. The number of hydrogen-bond acceptors (Lipinski definition) is 6. The molecular weight excluding hydrogens is 494 g/mol. The molecule has 1 aliphatic heterocycles. The van der Waals surface area contributed by atoms with E-state index in [0.717, 1.165) is 12.1 Å². The second kappa shape index (κ2) is 10.5. The predicted octanol–water partition coefficient (Wildman–Crippen LogP) is 3.89. The number of alkyl halides is 3. The third kappa shape index (κ3) is 6.20. The first-order valence-electron chi connectivity index (χ1n) is 11.3. The molecule has 0 saturated carbocycles. The number of amides is 2. The Hall–Kier alpha value is -4.06. The fourth-order valence-electron chi connectivity index (χ4n) is 3.77. The average molecular weight is 517 g/mol. The van der Waals surface area contributed by atoms with Crippen molar-refractivity contribution in [2.75, 3.05) is 18.5 Å². The molecule has 3 N–H and O–H groups in total. The number of nitrogens with zero attached hydrogens (tertiary/aromatic N) is 2. The molecule has 194 valence electrons. The number of nitrogens with one attached hydrogen (secondary N) is 3. The molecular formula is C25H23F4N5O3. The predicted molar refractivity (Wildman–Crippen MR) is 125 cm³/mol. The number of carbonyl (C=O) groups excluding carboxylic acids is 2. The fraction of sp³-hybridized carbons (Fsp3) is 0.280. The van der Waals surface area contributed by atoms with E-state index in [0.29, 0.717) is 29.7 Å². The van der Waals surface area contributed by atoms with Gasteiger partial charge in [-0.2, -0.15) is 13.2 Å². The Morgan fingerprint density at radius 3 is 2.41 bits per heavy atom. The molecule has 1 aromatic heterocycles. The van der Waals surface area contributed by atoms with Crippen molar-refractivity contribution in [3.63, 3.8) is 0 Å². The van der Waals surface area contributed by atoms with Crippen LogP contribution in [0, 0.1) is 12.7 Å². The van der Waals surface area contributed by atoms with Gasteiger partial charge in [-0.1, -0.05) is 12.1 Å². The van der Waals surface area contributed by atoms with Crippen LogP contribution in [0.2, 0.25) is 0 Å². The van der Waals surface area contributed by atoms with Gasteiger partial charge in [0.25, 0.3) is 5.91 Å². The van der Waals surface area contributed by atoms with Crippen LogP contribution in [0.3, 0.4) is 0 Å². The summed E-state index contributed by atoms with van der Waals surface area (Å²) in [6, 6.07) is 8.72. The van der Waals surface area contributed by atoms with Crippen molar-refractivity contribution < 1.29 is 31.9 Å². The van der Waals surface area contributed by atoms with Gasteiger partial charge in [0.15, 0.2) is 0 Å². The zero-order chi connectivity index (χ0) is 26.6. The molecule has 0 spiro atoms. The second-order valence-corrected chi connectivity index (χ2v) is 8.55. The lowest BCUT2D eigenvalue weighted by molar-refractivity contribution is -0.137. The van der Waals surface area contributed by atoms with E-state index in [-0.39, 0.29) is 30.8 Å².